The van der Waals surface area contributed by atoms with Gasteiger partial charge in [0, 0.05) is 6.07 Å². The van der Waals surface area contributed by atoms with Gasteiger partial charge in [-0.25, -0.2) is 0 Å². The number of aromatic hydroxyl groups is 2. The van der Waals surface area contributed by atoms with E-state index in [2.05, 4.69) is 6.92 Å². The van der Waals surface area contributed by atoms with Gasteiger partial charge in [0.25, 0.3) is 0 Å². The third-order valence-corrected chi connectivity index (χ3v) is 5.82. The predicted molar refractivity (Wildman–Crippen MR) is 129 cm³/mol. The van der Waals surface area contributed by atoms with Crippen LogP contribution in [0.3, 0.4) is 0 Å². The van der Waals surface area contributed by atoms with E-state index in [1.807, 2.05) is 0 Å². The van der Waals surface area contributed by atoms with Crippen molar-refractivity contribution >= 4 is 5.97 Å². The molecule has 0 aliphatic rings. The van der Waals surface area contributed by atoms with Gasteiger partial charge < -0.3 is 14.9 Å². The Bertz CT molecular complexity index is 550. The summed E-state index contributed by atoms with van der Waals surface area (Å²) >= 11 is 0. The van der Waals surface area contributed by atoms with E-state index < -0.39 is 0 Å². The van der Waals surface area contributed by atoms with Crippen molar-refractivity contribution in [3.63, 3.8) is 0 Å². The first kappa shape index (κ1) is 27.3. The highest BCUT2D eigenvalue weighted by Gasteiger charge is 2.07. The first-order chi connectivity index (χ1) is 15.1. The molecular weight excluding hydrogens is 388 g/mol. The number of hydrogen-bond donors (Lipinski definition) is 2. The van der Waals surface area contributed by atoms with Crippen molar-refractivity contribution in [3.8, 4) is 11.5 Å². The van der Waals surface area contributed by atoms with Gasteiger partial charge in [-0.1, -0.05) is 110 Å². The number of esters is 1. The molecule has 0 spiro atoms. The second kappa shape index (κ2) is 19.0. The quantitative estimate of drug-likeness (QED) is 0.162. The minimum absolute atomic E-state index is 0.0454. The van der Waals surface area contributed by atoms with Crippen molar-refractivity contribution < 1.29 is 19.7 Å². The highest BCUT2D eigenvalue weighted by Crippen LogP contribution is 2.21. The molecule has 0 amide bonds. The second-order valence-electron chi connectivity index (χ2n) is 8.91. The molecule has 0 heterocycles. The summed E-state index contributed by atoms with van der Waals surface area (Å²) < 4.78 is 5.25. The van der Waals surface area contributed by atoms with Crippen LogP contribution in [0, 0.1) is 0 Å². The van der Waals surface area contributed by atoms with Crippen LogP contribution >= 0.6 is 0 Å². The normalized spacial score (nSPS) is 11.0. The van der Waals surface area contributed by atoms with Crippen molar-refractivity contribution in [3.05, 3.63) is 23.8 Å². The third-order valence-electron chi connectivity index (χ3n) is 5.82. The number of phenolic OH excluding ortho intramolecular Hbond substituents is 2. The molecule has 0 aliphatic carbocycles. The number of unbranched alkanes of at least 4 members (excludes halogenated alkanes) is 16. The Labute approximate surface area is 190 Å². The second-order valence-corrected chi connectivity index (χ2v) is 8.91. The van der Waals surface area contributed by atoms with Gasteiger partial charge in [-0.15, -0.1) is 0 Å². The maximum Gasteiger partial charge on any atom is 0.310 e. The molecule has 0 aliphatic heterocycles. The van der Waals surface area contributed by atoms with E-state index in [-0.39, 0.29) is 23.9 Å². The van der Waals surface area contributed by atoms with Gasteiger partial charge >= 0.3 is 5.97 Å². The summed E-state index contributed by atoms with van der Waals surface area (Å²) in [5, 5.41) is 18.9. The van der Waals surface area contributed by atoms with Crippen molar-refractivity contribution in [1.29, 1.82) is 0 Å². The molecule has 1 rings (SSSR count). The zero-order valence-corrected chi connectivity index (χ0v) is 19.9. The molecule has 0 fully saturated rings. The molecule has 2 N–H and O–H groups in total. The number of hydrogen-bond acceptors (Lipinski definition) is 4. The highest BCUT2D eigenvalue weighted by molar-refractivity contribution is 5.72. The molecule has 4 heteroatoms. The van der Waals surface area contributed by atoms with Crippen LogP contribution in [-0.2, 0) is 16.0 Å². The Morgan fingerprint density at radius 3 is 1.45 bits per heavy atom. The molecule has 31 heavy (non-hydrogen) atoms. The molecule has 0 bridgehead atoms. The Morgan fingerprint density at radius 2 is 1.03 bits per heavy atom. The average molecular weight is 435 g/mol. The van der Waals surface area contributed by atoms with E-state index in [0.29, 0.717) is 12.2 Å². The summed E-state index contributed by atoms with van der Waals surface area (Å²) in [6, 6.07) is 4.18. The molecule has 0 aromatic heterocycles. The number of carbonyl (C=O) groups is 1. The van der Waals surface area contributed by atoms with E-state index in [4.69, 9.17) is 4.74 Å². The van der Waals surface area contributed by atoms with E-state index in [1.165, 1.54) is 115 Å². The molecule has 0 atom stereocenters. The SMILES string of the molecule is CCCCCCCCCCCCCCCCCCCOC(=O)Cc1cc(O)cc(O)c1. The monoisotopic (exact) mass is 434 g/mol. The Hall–Kier alpha value is -1.71. The summed E-state index contributed by atoms with van der Waals surface area (Å²) in [6.45, 7) is 2.72. The minimum atomic E-state index is -0.318. The zero-order valence-electron chi connectivity index (χ0n) is 19.9. The summed E-state index contributed by atoms with van der Waals surface area (Å²) in [4.78, 5) is 11.8. The first-order valence-electron chi connectivity index (χ1n) is 12.8. The van der Waals surface area contributed by atoms with Gasteiger partial charge in [-0.2, -0.15) is 0 Å². The summed E-state index contributed by atoms with van der Waals surface area (Å²) in [6.07, 6.45) is 22.7. The van der Waals surface area contributed by atoms with Gasteiger partial charge in [0.05, 0.1) is 13.0 Å². The van der Waals surface area contributed by atoms with Crippen LogP contribution in [0.25, 0.3) is 0 Å². The average Bonchev–Trinajstić information content (AvgIpc) is 2.72. The van der Waals surface area contributed by atoms with Crippen molar-refractivity contribution in [2.24, 2.45) is 0 Å². The maximum absolute atomic E-state index is 11.8. The molecule has 1 aromatic rings. The lowest BCUT2D eigenvalue weighted by Gasteiger charge is -2.06. The Kier molecular flexibility index (Phi) is 16.8. The fraction of sp³-hybridized carbons (Fsp3) is 0.741. The van der Waals surface area contributed by atoms with Crippen LogP contribution in [0.2, 0.25) is 0 Å². The Balaban J connectivity index is 1.81. The lowest BCUT2D eigenvalue weighted by molar-refractivity contribution is -0.142. The van der Waals surface area contributed by atoms with E-state index in [1.54, 1.807) is 0 Å². The van der Waals surface area contributed by atoms with Crippen LogP contribution in [0.5, 0.6) is 11.5 Å². The fourth-order valence-corrected chi connectivity index (χ4v) is 3.99. The van der Waals surface area contributed by atoms with Crippen molar-refractivity contribution in [1.82, 2.24) is 0 Å². The van der Waals surface area contributed by atoms with Gasteiger partial charge in [0.2, 0.25) is 0 Å². The van der Waals surface area contributed by atoms with Crippen LogP contribution in [0.1, 0.15) is 122 Å². The van der Waals surface area contributed by atoms with Crippen LogP contribution in [0.4, 0.5) is 0 Å². The largest absolute Gasteiger partial charge is 0.508 e. The highest BCUT2D eigenvalue weighted by atomic mass is 16.5. The van der Waals surface area contributed by atoms with Gasteiger partial charge in [0.1, 0.15) is 11.5 Å². The third kappa shape index (κ3) is 16.6. The van der Waals surface area contributed by atoms with Crippen LogP contribution in [0.15, 0.2) is 18.2 Å². The number of phenols is 2. The standard InChI is InChI=1S/C27H46O4/c1-2-3-4-5-6-7-8-9-10-11-12-13-14-15-16-17-18-19-31-27(30)22-24-20-25(28)23-26(29)21-24/h20-21,23,28-29H,2-19,22H2,1H3. The summed E-state index contributed by atoms with van der Waals surface area (Å²) in [5.41, 5.74) is 0.560. The van der Waals surface area contributed by atoms with Gasteiger partial charge in [-0.3, -0.25) is 4.79 Å². The number of carbonyl (C=O) groups excluding carboxylic acids is 1. The van der Waals surface area contributed by atoms with E-state index >= 15 is 0 Å². The molecule has 0 unspecified atom stereocenters. The van der Waals surface area contributed by atoms with Gasteiger partial charge in [-0.05, 0) is 24.1 Å². The molecule has 1 aromatic carbocycles. The number of rotatable bonds is 20. The van der Waals surface area contributed by atoms with E-state index in [0.717, 1.165) is 12.8 Å². The number of benzene rings is 1. The summed E-state index contributed by atoms with van der Waals surface area (Å²) in [5.74, 6) is -0.409. The number of ether oxygens (including phenoxy) is 1. The first-order valence-corrected chi connectivity index (χ1v) is 12.8. The molecule has 4 nitrogen and oxygen atoms in total. The van der Waals surface area contributed by atoms with E-state index in [9.17, 15) is 15.0 Å². The zero-order chi connectivity index (χ0) is 22.6. The van der Waals surface area contributed by atoms with Crippen molar-refractivity contribution in [2.45, 2.75) is 122 Å². The maximum atomic E-state index is 11.8. The minimum Gasteiger partial charge on any atom is -0.508 e. The molecule has 0 saturated heterocycles. The predicted octanol–water partition coefficient (Wildman–Crippen LogP) is 7.84. The molecule has 0 saturated carbocycles. The smallest absolute Gasteiger partial charge is 0.310 e. The Morgan fingerprint density at radius 1 is 0.645 bits per heavy atom. The van der Waals surface area contributed by atoms with Crippen LogP contribution < -0.4 is 0 Å². The fourth-order valence-electron chi connectivity index (χ4n) is 3.99. The summed E-state index contributed by atoms with van der Waals surface area (Å²) in [7, 11) is 0. The molecule has 0 radical (unpaired) electrons. The molecule has 178 valence electrons. The topological polar surface area (TPSA) is 66.8 Å². The van der Waals surface area contributed by atoms with Gasteiger partial charge in [0.15, 0.2) is 0 Å². The van der Waals surface area contributed by atoms with Crippen molar-refractivity contribution in [2.75, 3.05) is 6.61 Å². The van der Waals surface area contributed by atoms with Crippen LogP contribution in [-0.4, -0.2) is 22.8 Å². The molecular formula is C27H46O4. The lowest BCUT2D eigenvalue weighted by atomic mass is 10.0. The lowest BCUT2D eigenvalue weighted by Crippen LogP contribution is -2.09.